The molecule has 0 aliphatic carbocycles. The summed E-state index contributed by atoms with van der Waals surface area (Å²) in [6, 6.07) is 0. The van der Waals surface area contributed by atoms with Crippen molar-refractivity contribution >= 4 is 12.3 Å². The van der Waals surface area contributed by atoms with Gasteiger partial charge in [-0.05, 0) is 13.8 Å². The highest BCUT2D eigenvalue weighted by Crippen LogP contribution is 2.11. The van der Waals surface area contributed by atoms with Gasteiger partial charge < -0.3 is 15.2 Å². The maximum absolute atomic E-state index is 11.4. The maximum Gasteiger partial charge on any atom is 0.343 e. The minimum absolute atomic E-state index is 0.0658. The summed E-state index contributed by atoms with van der Waals surface area (Å²) >= 11 is 0. The highest BCUT2D eigenvalue weighted by molar-refractivity contribution is 5.94. The highest BCUT2D eigenvalue weighted by atomic mass is 16.5. The Morgan fingerprint density at radius 1 is 1.53 bits per heavy atom. The molecule has 0 amide bonds. The number of rotatable bonds is 5. The normalized spacial score (nSPS) is 12.9. The van der Waals surface area contributed by atoms with Crippen molar-refractivity contribution in [2.75, 3.05) is 13.7 Å². The molecule has 0 radical (unpaired) electrons. The smallest absolute Gasteiger partial charge is 0.343 e. The molecule has 0 unspecified atom stereocenters. The minimum Gasteiger partial charge on any atom is -0.507 e. The third-order valence-corrected chi connectivity index (χ3v) is 1.59. The number of aliphatic hydroxyl groups is 1. The zero-order chi connectivity index (χ0) is 11.8. The molecule has 0 fully saturated rings. The predicted molar refractivity (Wildman–Crippen MR) is 55.2 cm³/mol. The average Bonchev–Trinajstić information content (AvgIpc) is 2.24. The zero-order valence-corrected chi connectivity index (χ0v) is 9.03. The van der Waals surface area contributed by atoms with E-state index in [1.807, 2.05) is 0 Å². The quantitative estimate of drug-likeness (QED) is 0.231. The van der Waals surface area contributed by atoms with Crippen LogP contribution in [0, 0.1) is 0 Å². The van der Waals surface area contributed by atoms with Gasteiger partial charge in [-0.15, -0.1) is 0 Å². The number of aldehydes is 1. The highest BCUT2D eigenvalue weighted by Gasteiger charge is 2.16. The molecule has 0 rings (SSSR count). The lowest BCUT2D eigenvalue weighted by Gasteiger charge is -2.07. The topological polar surface area (TPSA) is 75.6 Å². The minimum atomic E-state index is -0.675. The van der Waals surface area contributed by atoms with E-state index in [4.69, 9.17) is 4.74 Å². The fourth-order valence-electron chi connectivity index (χ4n) is 0.845. The van der Waals surface area contributed by atoms with Crippen molar-refractivity contribution in [3.63, 3.8) is 0 Å². The second-order valence-corrected chi connectivity index (χ2v) is 2.72. The molecule has 0 aromatic rings. The van der Waals surface area contributed by atoms with Gasteiger partial charge in [-0.2, -0.15) is 0 Å². The standard InChI is InChI=1S/C10H15NO4/c1-4-15-10(14)8(5-11-3)9(13)7(2)6-12/h5-6,11,13H,4H2,1-3H3/b8-5+,9-7+. The van der Waals surface area contributed by atoms with Crippen LogP contribution in [0.15, 0.2) is 23.1 Å². The molecule has 0 spiro atoms. The first-order valence-corrected chi connectivity index (χ1v) is 4.48. The van der Waals surface area contributed by atoms with Crippen LogP contribution in [0.3, 0.4) is 0 Å². The molecule has 5 heteroatoms. The summed E-state index contributed by atoms with van der Waals surface area (Å²) in [5, 5.41) is 12.1. The van der Waals surface area contributed by atoms with E-state index in [9.17, 15) is 14.7 Å². The first kappa shape index (κ1) is 13.2. The van der Waals surface area contributed by atoms with Gasteiger partial charge in [0.05, 0.1) is 6.61 Å². The fraction of sp³-hybridized carbons (Fsp3) is 0.400. The van der Waals surface area contributed by atoms with Crippen molar-refractivity contribution in [2.45, 2.75) is 13.8 Å². The van der Waals surface area contributed by atoms with E-state index in [0.29, 0.717) is 6.29 Å². The average molecular weight is 213 g/mol. The van der Waals surface area contributed by atoms with Crippen LogP contribution in [0.4, 0.5) is 0 Å². The van der Waals surface area contributed by atoms with Gasteiger partial charge in [-0.3, -0.25) is 4.79 Å². The van der Waals surface area contributed by atoms with Crippen LogP contribution in [-0.4, -0.2) is 31.0 Å². The molecule has 0 atom stereocenters. The fourth-order valence-corrected chi connectivity index (χ4v) is 0.845. The van der Waals surface area contributed by atoms with E-state index in [1.165, 1.54) is 13.1 Å². The number of hydrogen-bond acceptors (Lipinski definition) is 5. The lowest BCUT2D eigenvalue weighted by molar-refractivity contribution is -0.138. The van der Waals surface area contributed by atoms with Crippen LogP contribution >= 0.6 is 0 Å². The van der Waals surface area contributed by atoms with Gasteiger partial charge >= 0.3 is 5.97 Å². The van der Waals surface area contributed by atoms with Gasteiger partial charge in [0.2, 0.25) is 0 Å². The molecule has 5 nitrogen and oxygen atoms in total. The van der Waals surface area contributed by atoms with Gasteiger partial charge in [-0.1, -0.05) is 0 Å². The van der Waals surface area contributed by atoms with Gasteiger partial charge in [0.15, 0.2) is 0 Å². The van der Waals surface area contributed by atoms with Crippen LogP contribution in [0.2, 0.25) is 0 Å². The Morgan fingerprint density at radius 3 is 2.53 bits per heavy atom. The van der Waals surface area contributed by atoms with Crippen molar-refractivity contribution < 1.29 is 19.4 Å². The first-order valence-electron chi connectivity index (χ1n) is 4.48. The lowest BCUT2D eigenvalue weighted by Crippen LogP contribution is -2.13. The lowest BCUT2D eigenvalue weighted by atomic mass is 10.1. The summed E-state index contributed by atoms with van der Waals surface area (Å²) in [4.78, 5) is 21.8. The van der Waals surface area contributed by atoms with Crippen molar-refractivity contribution in [2.24, 2.45) is 0 Å². The summed E-state index contributed by atoms with van der Waals surface area (Å²) in [6.45, 7) is 3.26. The molecule has 2 N–H and O–H groups in total. The Labute approximate surface area is 88.4 Å². The SMILES string of the molecule is CCOC(=O)C(=C/NC)/C(O)=C(/C)C=O. The zero-order valence-electron chi connectivity index (χ0n) is 9.03. The molecule has 15 heavy (non-hydrogen) atoms. The number of ether oxygens (including phenoxy) is 1. The molecular formula is C10H15NO4. The number of esters is 1. The van der Waals surface area contributed by atoms with Crippen LogP contribution in [0.25, 0.3) is 0 Å². The van der Waals surface area contributed by atoms with E-state index in [1.54, 1.807) is 14.0 Å². The van der Waals surface area contributed by atoms with Crippen molar-refractivity contribution in [1.29, 1.82) is 0 Å². The molecule has 0 heterocycles. The van der Waals surface area contributed by atoms with Crippen LogP contribution in [-0.2, 0) is 14.3 Å². The van der Waals surface area contributed by atoms with E-state index in [0.717, 1.165) is 0 Å². The second-order valence-electron chi connectivity index (χ2n) is 2.72. The van der Waals surface area contributed by atoms with Crippen LogP contribution < -0.4 is 5.32 Å². The maximum atomic E-state index is 11.4. The predicted octanol–water partition coefficient (Wildman–Crippen LogP) is 0.684. The van der Waals surface area contributed by atoms with E-state index in [2.05, 4.69) is 5.32 Å². The first-order chi connectivity index (χ1) is 7.08. The number of carbonyl (C=O) groups is 2. The third kappa shape index (κ3) is 3.84. The number of nitrogens with one attached hydrogen (secondary N) is 1. The van der Waals surface area contributed by atoms with Crippen molar-refractivity contribution in [1.82, 2.24) is 5.32 Å². The van der Waals surface area contributed by atoms with Crippen LogP contribution in [0.5, 0.6) is 0 Å². The summed E-state index contributed by atoms with van der Waals surface area (Å²) < 4.78 is 4.72. The number of hydrogen-bond donors (Lipinski definition) is 2. The summed E-state index contributed by atoms with van der Waals surface area (Å²) in [7, 11) is 1.57. The van der Waals surface area contributed by atoms with Gasteiger partial charge in [0, 0.05) is 18.8 Å². The molecule has 0 saturated carbocycles. The van der Waals surface area contributed by atoms with E-state index in [-0.39, 0.29) is 23.5 Å². The van der Waals surface area contributed by atoms with E-state index < -0.39 is 5.97 Å². The Balaban J connectivity index is 5.08. The Bertz CT molecular complexity index is 305. The third-order valence-electron chi connectivity index (χ3n) is 1.59. The Hall–Kier alpha value is -1.78. The monoisotopic (exact) mass is 213 g/mol. The molecule has 0 aromatic heterocycles. The summed E-state index contributed by atoms with van der Waals surface area (Å²) in [5.74, 6) is -1.05. The summed E-state index contributed by atoms with van der Waals surface area (Å²) in [6.07, 6.45) is 1.75. The van der Waals surface area contributed by atoms with Gasteiger partial charge in [0.1, 0.15) is 17.6 Å². The molecule has 0 aliphatic rings. The molecule has 0 saturated heterocycles. The number of allylic oxidation sites excluding steroid dienone is 1. The van der Waals surface area contributed by atoms with Crippen molar-refractivity contribution in [3.05, 3.63) is 23.1 Å². The number of aliphatic hydroxyl groups excluding tert-OH is 1. The summed E-state index contributed by atoms with van der Waals surface area (Å²) in [5.41, 5.74) is 0.00787. The molecule has 0 bridgehead atoms. The molecule has 0 aromatic carbocycles. The Kier molecular flexibility index (Phi) is 5.85. The largest absolute Gasteiger partial charge is 0.507 e. The van der Waals surface area contributed by atoms with E-state index >= 15 is 0 Å². The van der Waals surface area contributed by atoms with Crippen molar-refractivity contribution in [3.8, 4) is 0 Å². The molecule has 84 valence electrons. The van der Waals surface area contributed by atoms with Crippen LogP contribution in [0.1, 0.15) is 13.8 Å². The number of carbonyl (C=O) groups excluding carboxylic acids is 2. The molecule has 0 aliphatic heterocycles. The van der Waals surface area contributed by atoms with Gasteiger partial charge in [-0.25, -0.2) is 4.79 Å². The Morgan fingerprint density at radius 2 is 2.13 bits per heavy atom. The molecular weight excluding hydrogens is 198 g/mol. The second kappa shape index (κ2) is 6.64. The van der Waals surface area contributed by atoms with Gasteiger partial charge in [0.25, 0.3) is 0 Å².